The summed E-state index contributed by atoms with van der Waals surface area (Å²) in [6.45, 7) is 4.21. The molecule has 0 unspecified atom stereocenters. The highest BCUT2D eigenvalue weighted by Crippen LogP contribution is 2.09. The lowest BCUT2D eigenvalue weighted by Gasteiger charge is -2.01. The van der Waals surface area contributed by atoms with Crippen molar-refractivity contribution >= 4 is 5.78 Å². The first-order valence-electron chi connectivity index (χ1n) is 6.52. The Morgan fingerprint density at radius 3 is 2.35 bits per heavy atom. The standard InChI is InChI=1S/C16H22O/c1-3-14(4-2)13-16(17)12-8-11-15-9-6-5-7-10-15/h5-7,9-10,13H,3-4,8,11-12H2,1-2H3. The van der Waals surface area contributed by atoms with Gasteiger partial charge >= 0.3 is 0 Å². The third-order valence-corrected chi connectivity index (χ3v) is 3.00. The minimum absolute atomic E-state index is 0.277. The van der Waals surface area contributed by atoms with Crippen LogP contribution in [0.15, 0.2) is 42.0 Å². The Morgan fingerprint density at radius 1 is 1.12 bits per heavy atom. The van der Waals surface area contributed by atoms with E-state index in [4.69, 9.17) is 0 Å². The number of carbonyl (C=O) groups excluding carboxylic acids is 1. The van der Waals surface area contributed by atoms with Crippen LogP contribution in [0.25, 0.3) is 0 Å². The van der Waals surface area contributed by atoms with Crippen molar-refractivity contribution in [2.24, 2.45) is 0 Å². The molecule has 0 spiro atoms. The van der Waals surface area contributed by atoms with Crippen LogP contribution in [0, 0.1) is 0 Å². The molecule has 0 bridgehead atoms. The van der Waals surface area contributed by atoms with Crippen LogP contribution < -0.4 is 0 Å². The zero-order valence-electron chi connectivity index (χ0n) is 10.9. The number of benzene rings is 1. The highest BCUT2D eigenvalue weighted by atomic mass is 16.1. The van der Waals surface area contributed by atoms with Gasteiger partial charge in [0.05, 0.1) is 0 Å². The average Bonchev–Trinajstić information content (AvgIpc) is 2.37. The first-order valence-corrected chi connectivity index (χ1v) is 6.52. The lowest BCUT2D eigenvalue weighted by atomic mass is 10.0. The van der Waals surface area contributed by atoms with Gasteiger partial charge in [0.25, 0.3) is 0 Å². The molecule has 0 aromatic heterocycles. The van der Waals surface area contributed by atoms with Crippen molar-refractivity contribution in [3.63, 3.8) is 0 Å². The molecule has 1 heteroatoms. The van der Waals surface area contributed by atoms with Gasteiger partial charge in [-0.3, -0.25) is 4.79 Å². The van der Waals surface area contributed by atoms with Crippen LogP contribution in [-0.2, 0) is 11.2 Å². The van der Waals surface area contributed by atoms with Gasteiger partial charge < -0.3 is 0 Å². The second-order valence-corrected chi connectivity index (χ2v) is 4.32. The molecule has 92 valence electrons. The summed E-state index contributed by atoms with van der Waals surface area (Å²) >= 11 is 0. The van der Waals surface area contributed by atoms with E-state index >= 15 is 0 Å². The van der Waals surface area contributed by atoms with Crippen LogP contribution >= 0.6 is 0 Å². The maximum atomic E-state index is 11.7. The van der Waals surface area contributed by atoms with E-state index in [2.05, 4.69) is 26.0 Å². The number of allylic oxidation sites excluding steroid dienone is 2. The smallest absolute Gasteiger partial charge is 0.155 e. The van der Waals surface area contributed by atoms with Crippen molar-refractivity contribution in [3.8, 4) is 0 Å². The molecule has 0 fully saturated rings. The highest BCUT2D eigenvalue weighted by Gasteiger charge is 2.00. The van der Waals surface area contributed by atoms with Crippen LogP contribution in [0.2, 0.25) is 0 Å². The highest BCUT2D eigenvalue weighted by molar-refractivity contribution is 5.90. The SMILES string of the molecule is CCC(=CC(=O)CCCc1ccccc1)CC. The molecule has 0 aliphatic rings. The molecule has 1 aromatic carbocycles. The van der Waals surface area contributed by atoms with Crippen LogP contribution in [0.3, 0.4) is 0 Å². The predicted molar refractivity (Wildman–Crippen MR) is 73.1 cm³/mol. The van der Waals surface area contributed by atoms with Gasteiger partial charge in [-0.25, -0.2) is 0 Å². The van der Waals surface area contributed by atoms with Crippen molar-refractivity contribution in [2.75, 3.05) is 0 Å². The van der Waals surface area contributed by atoms with Crippen LogP contribution in [-0.4, -0.2) is 5.78 Å². The lowest BCUT2D eigenvalue weighted by Crippen LogP contribution is -1.96. The van der Waals surface area contributed by atoms with E-state index < -0.39 is 0 Å². The van der Waals surface area contributed by atoms with Gasteiger partial charge in [-0.05, 0) is 37.3 Å². The van der Waals surface area contributed by atoms with Crippen molar-refractivity contribution in [2.45, 2.75) is 46.0 Å². The Bertz CT molecular complexity index is 356. The Hall–Kier alpha value is -1.37. The number of carbonyl (C=O) groups is 1. The van der Waals surface area contributed by atoms with E-state index in [1.165, 1.54) is 11.1 Å². The van der Waals surface area contributed by atoms with Crippen molar-refractivity contribution in [1.82, 2.24) is 0 Å². The van der Waals surface area contributed by atoms with Crippen molar-refractivity contribution < 1.29 is 4.79 Å². The molecular formula is C16H22O. The molecule has 17 heavy (non-hydrogen) atoms. The molecule has 0 saturated heterocycles. The number of hydrogen-bond acceptors (Lipinski definition) is 1. The zero-order valence-corrected chi connectivity index (χ0v) is 10.9. The summed E-state index contributed by atoms with van der Waals surface area (Å²) in [5.41, 5.74) is 2.57. The number of ketones is 1. The van der Waals surface area contributed by atoms with E-state index in [-0.39, 0.29) is 5.78 Å². The normalized spacial score (nSPS) is 10.0. The van der Waals surface area contributed by atoms with Gasteiger partial charge in [-0.1, -0.05) is 49.8 Å². The summed E-state index contributed by atoms with van der Waals surface area (Å²) in [5, 5.41) is 0. The van der Waals surface area contributed by atoms with Crippen LogP contribution in [0.5, 0.6) is 0 Å². The number of rotatable bonds is 7. The summed E-state index contributed by atoms with van der Waals surface area (Å²) in [5.74, 6) is 0.277. The molecule has 0 N–H and O–H groups in total. The average molecular weight is 230 g/mol. The van der Waals surface area contributed by atoms with Crippen LogP contribution in [0.1, 0.15) is 45.1 Å². The van der Waals surface area contributed by atoms with Crippen LogP contribution in [0.4, 0.5) is 0 Å². The second kappa shape index (κ2) is 7.83. The Kier molecular flexibility index (Phi) is 6.31. The first kappa shape index (κ1) is 13.7. The fourth-order valence-electron chi connectivity index (χ4n) is 1.87. The fraction of sp³-hybridized carbons (Fsp3) is 0.438. The molecule has 0 aliphatic heterocycles. The van der Waals surface area contributed by atoms with Gasteiger partial charge in [0.2, 0.25) is 0 Å². The topological polar surface area (TPSA) is 17.1 Å². The molecule has 1 aromatic rings. The third kappa shape index (κ3) is 5.48. The molecule has 0 atom stereocenters. The molecule has 0 radical (unpaired) electrons. The first-order chi connectivity index (χ1) is 8.26. The van der Waals surface area contributed by atoms with E-state index in [1.807, 2.05) is 24.3 Å². The van der Waals surface area contributed by atoms with E-state index in [1.54, 1.807) is 0 Å². The molecule has 0 amide bonds. The predicted octanol–water partition coefficient (Wildman–Crippen LogP) is 4.32. The number of aryl methyl sites for hydroxylation is 1. The fourth-order valence-corrected chi connectivity index (χ4v) is 1.87. The summed E-state index contributed by atoms with van der Waals surface area (Å²) in [6.07, 6.45) is 6.42. The van der Waals surface area contributed by atoms with Gasteiger partial charge in [-0.15, -0.1) is 0 Å². The van der Waals surface area contributed by atoms with E-state index in [0.29, 0.717) is 6.42 Å². The Labute approximate surface area is 105 Å². The largest absolute Gasteiger partial charge is 0.295 e. The molecule has 1 nitrogen and oxygen atoms in total. The monoisotopic (exact) mass is 230 g/mol. The second-order valence-electron chi connectivity index (χ2n) is 4.32. The van der Waals surface area contributed by atoms with Gasteiger partial charge in [0.15, 0.2) is 5.78 Å². The quantitative estimate of drug-likeness (QED) is 0.637. The molecule has 0 aliphatic carbocycles. The Balaban J connectivity index is 2.32. The molecule has 0 heterocycles. The van der Waals surface area contributed by atoms with Gasteiger partial charge in [-0.2, -0.15) is 0 Å². The molecular weight excluding hydrogens is 208 g/mol. The molecule has 1 rings (SSSR count). The van der Waals surface area contributed by atoms with E-state index in [9.17, 15) is 4.79 Å². The Morgan fingerprint density at radius 2 is 1.76 bits per heavy atom. The number of hydrogen-bond donors (Lipinski definition) is 0. The molecule has 0 saturated carbocycles. The third-order valence-electron chi connectivity index (χ3n) is 3.00. The van der Waals surface area contributed by atoms with Crippen molar-refractivity contribution in [3.05, 3.63) is 47.5 Å². The maximum absolute atomic E-state index is 11.7. The van der Waals surface area contributed by atoms with Crippen molar-refractivity contribution in [1.29, 1.82) is 0 Å². The lowest BCUT2D eigenvalue weighted by molar-refractivity contribution is -0.114. The minimum atomic E-state index is 0.277. The summed E-state index contributed by atoms with van der Waals surface area (Å²) < 4.78 is 0. The van der Waals surface area contributed by atoms with E-state index in [0.717, 1.165) is 25.7 Å². The summed E-state index contributed by atoms with van der Waals surface area (Å²) in [4.78, 5) is 11.7. The summed E-state index contributed by atoms with van der Waals surface area (Å²) in [7, 11) is 0. The van der Waals surface area contributed by atoms with Gasteiger partial charge in [0.1, 0.15) is 0 Å². The maximum Gasteiger partial charge on any atom is 0.155 e. The zero-order chi connectivity index (χ0) is 12.5. The minimum Gasteiger partial charge on any atom is -0.295 e. The van der Waals surface area contributed by atoms with Gasteiger partial charge in [0, 0.05) is 6.42 Å². The summed E-state index contributed by atoms with van der Waals surface area (Å²) in [6, 6.07) is 10.3.